The number of ether oxygens (including phenoxy) is 1. The summed E-state index contributed by atoms with van der Waals surface area (Å²) in [6, 6.07) is 6.27. The molecule has 0 spiro atoms. The summed E-state index contributed by atoms with van der Waals surface area (Å²) in [6.45, 7) is 3.29. The molecule has 1 unspecified atom stereocenters. The Bertz CT molecular complexity index is 1230. The minimum atomic E-state index is -4.68. The molecule has 1 aliphatic rings. The van der Waals surface area contributed by atoms with Gasteiger partial charge in [0.2, 0.25) is 5.95 Å². The Kier molecular flexibility index (Phi) is 6.34. The molecule has 0 N–H and O–H groups in total. The normalized spacial score (nSPS) is 17.1. The summed E-state index contributed by atoms with van der Waals surface area (Å²) in [5.41, 5.74) is 0.788. The highest BCUT2D eigenvalue weighted by atomic mass is 32.2. The second-order valence-corrected chi connectivity index (χ2v) is 9.83. The first-order valence-corrected chi connectivity index (χ1v) is 12.1. The molecule has 182 valence electrons. The van der Waals surface area contributed by atoms with Gasteiger partial charge >= 0.3 is 12.1 Å². The van der Waals surface area contributed by atoms with Crippen molar-refractivity contribution in [2.45, 2.75) is 30.6 Å². The van der Waals surface area contributed by atoms with Crippen LogP contribution in [0.25, 0.3) is 0 Å². The number of piperazine rings is 1. The molecule has 34 heavy (non-hydrogen) atoms. The van der Waals surface area contributed by atoms with E-state index in [4.69, 9.17) is 4.74 Å². The lowest BCUT2D eigenvalue weighted by molar-refractivity contribution is -0.159. The van der Waals surface area contributed by atoms with Crippen molar-refractivity contribution >= 4 is 21.7 Å². The zero-order valence-corrected chi connectivity index (χ0v) is 19.0. The van der Waals surface area contributed by atoms with Crippen molar-refractivity contribution in [3.05, 3.63) is 48.1 Å². The predicted molar refractivity (Wildman–Crippen MR) is 114 cm³/mol. The molecular weight excluding hydrogens is 477 g/mol. The topological polar surface area (TPSA) is 115 Å². The van der Waals surface area contributed by atoms with Crippen LogP contribution >= 0.6 is 0 Å². The Morgan fingerprint density at radius 1 is 1.12 bits per heavy atom. The molecule has 0 aliphatic carbocycles. The van der Waals surface area contributed by atoms with E-state index in [0.29, 0.717) is 31.3 Å². The summed E-state index contributed by atoms with van der Waals surface area (Å²) in [7, 11) is -3.26. The van der Waals surface area contributed by atoms with Crippen molar-refractivity contribution in [2.24, 2.45) is 0 Å². The maximum atomic E-state index is 12.7. The first-order valence-electron chi connectivity index (χ1n) is 10.2. The lowest BCUT2D eigenvalue weighted by atomic mass is 10.2. The SMILES string of the molecule is CC1CN(c2noc(C(F)(F)F)n2)CCN1c1ncc(OCc2ccc(S(C)(=O)=O)cc2)cn1. The van der Waals surface area contributed by atoms with Crippen molar-refractivity contribution in [1.82, 2.24) is 20.1 Å². The summed E-state index contributed by atoms with van der Waals surface area (Å²) in [5, 5.41) is 3.44. The number of alkyl halides is 3. The van der Waals surface area contributed by atoms with Gasteiger partial charge in [0.1, 0.15) is 6.61 Å². The third kappa shape index (κ3) is 5.38. The van der Waals surface area contributed by atoms with Gasteiger partial charge in [0.05, 0.1) is 17.3 Å². The van der Waals surface area contributed by atoms with Gasteiger partial charge in [0, 0.05) is 31.9 Å². The quantitative estimate of drug-likeness (QED) is 0.502. The van der Waals surface area contributed by atoms with Crippen molar-refractivity contribution < 1.29 is 30.8 Å². The van der Waals surface area contributed by atoms with Crippen LogP contribution in [0.1, 0.15) is 18.4 Å². The Labute approximate surface area is 193 Å². The van der Waals surface area contributed by atoms with E-state index >= 15 is 0 Å². The van der Waals surface area contributed by atoms with E-state index in [9.17, 15) is 21.6 Å². The number of aromatic nitrogens is 4. The molecule has 1 atom stereocenters. The van der Waals surface area contributed by atoms with Gasteiger partial charge in [0.15, 0.2) is 15.6 Å². The van der Waals surface area contributed by atoms with Gasteiger partial charge in [-0.05, 0) is 29.8 Å². The molecule has 1 fully saturated rings. The summed E-state index contributed by atoms with van der Waals surface area (Å²) < 4.78 is 71.1. The minimum absolute atomic E-state index is 0.104. The van der Waals surface area contributed by atoms with Crippen LogP contribution in [-0.2, 0) is 22.6 Å². The summed E-state index contributed by atoms with van der Waals surface area (Å²) in [5.74, 6) is -0.578. The third-order valence-corrected chi connectivity index (χ3v) is 6.33. The van der Waals surface area contributed by atoms with Crippen molar-refractivity contribution in [1.29, 1.82) is 0 Å². The van der Waals surface area contributed by atoms with Gasteiger partial charge in [0.25, 0.3) is 5.95 Å². The van der Waals surface area contributed by atoms with E-state index in [-0.39, 0.29) is 23.5 Å². The van der Waals surface area contributed by atoms with E-state index in [0.717, 1.165) is 11.8 Å². The van der Waals surface area contributed by atoms with Gasteiger partial charge in [-0.25, -0.2) is 18.4 Å². The number of sulfone groups is 1. The van der Waals surface area contributed by atoms with Crippen LogP contribution in [0.4, 0.5) is 25.1 Å². The minimum Gasteiger partial charge on any atom is -0.486 e. The lowest BCUT2D eigenvalue weighted by Crippen LogP contribution is -2.53. The van der Waals surface area contributed by atoms with E-state index in [1.54, 1.807) is 17.0 Å². The fourth-order valence-electron chi connectivity index (χ4n) is 3.43. The zero-order valence-electron chi connectivity index (χ0n) is 18.2. The maximum Gasteiger partial charge on any atom is 0.471 e. The second-order valence-electron chi connectivity index (χ2n) is 7.81. The molecule has 1 aromatic carbocycles. The maximum absolute atomic E-state index is 12.7. The molecule has 2 aromatic heterocycles. The largest absolute Gasteiger partial charge is 0.486 e. The van der Waals surface area contributed by atoms with Crippen LogP contribution < -0.4 is 14.5 Å². The first kappa shape index (κ1) is 23.7. The highest BCUT2D eigenvalue weighted by molar-refractivity contribution is 7.90. The van der Waals surface area contributed by atoms with Gasteiger partial charge in [-0.3, -0.25) is 0 Å². The van der Waals surface area contributed by atoms with Crippen molar-refractivity contribution in [2.75, 3.05) is 35.7 Å². The predicted octanol–water partition coefficient (Wildman–Crippen LogP) is 2.58. The molecule has 4 rings (SSSR count). The van der Waals surface area contributed by atoms with Gasteiger partial charge < -0.3 is 19.1 Å². The lowest BCUT2D eigenvalue weighted by Gasteiger charge is -2.39. The van der Waals surface area contributed by atoms with Crippen molar-refractivity contribution in [3.63, 3.8) is 0 Å². The van der Waals surface area contributed by atoms with Gasteiger partial charge in [-0.1, -0.05) is 12.1 Å². The van der Waals surface area contributed by atoms with E-state index in [2.05, 4.69) is 24.6 Å². The fraction of sp³-hybridized carbons (Fsp3) is 0.400. The zero-order chi connectivity index (χ0) is 24.5. The highest BCUT2D eigenvalue weighted by Gasteiger charge is 2.39. The molecule has 0 radical (unpaired) electrons. The molecule has 0 saturated carbocycles. The van der Waals surface area contributed by atoms with Crippen LogP contribution in [0.3, 0.4) is 0 Å². The number of hydrogen-bond donors (Lipinski definition) is 0. The standard InChI is InChI=1S/C20H21F3N6O4S/c1-13-11-28(19-26-17(33-27-19)20(21,22)23)7-8-29(13)18-24-9-15(10-25-18)32-12-14-3-5-16(6-4-14)34(2,30)31/h3-6,9-10,13H,7-8,11-12H2,1-2H3. The molecule has 0 bridgehead atoms. The van der Waals surface area contributed by atoms with Gasteiger partial charge in [-0.15, -0.1) is 0 Å². The number of nitrogens with zero attached hydrogens (tertiary/aromatic N) is 6. The number of rotatable bonds is 6. The number of halogens is 3. The van der Waals surface area contributed by atoms with E-state index < -0.39 is 21.9 Å². The average Bonchev–Trinajstić information content (AvgIpc) is 3.29. The fourth-order valence-corrected chi connectivity index (χ4v) is 4.06. The second kappa shape index (κ2) is 9.08. The molecule has 3 aromatic rings. The monoisotopic (exact) mass is 498 g/mol. The van der Waals surface area contributed by atoms with Crippen LogP contribution in [0.5, 0.6) is 5.75 Å². The summed E-state index contributed by atoms with van der Waals surface area (Å²) >= 11 is 0. The average molecular weight is 498 g/mol. The van der Waals surface area contributed by atoms with Gasteiger partial charge in [-0.2, -0.15) is 18.2 Å². The number of hydrogen-bond acceptors (Lipinski definition) is 10. The molecular formula is C20H21F3N6O4S. The molecule has 1 aliphatic heterocycles. The van der Waals surface area contributed by atoms with Crippen LogP contribution in [0.2, 0.25) is 0 Å². The highest BCUT2D eigenvalue weighted by Crippen LogP contribution is 2.29. The van der Waals surface area contributed by atoms with E-state index in [1.165, 1.54) is 24.5 Å². The number of anilines is 2. The summed E-state index contributed by atoms with van der Waals surface area (Å²) in [4.78, 5) is 15.9. The third-order valence-electron chi connectivity index (χ3n) is 5.20. The molecule has 3 heterocycles. The van der Waals surface area contributed by atoms with Crippen LogP contribution in [-0.4, -0.2) is 60.5 Å². The Hall–Kier alpha value is -3.42. The Morgan fingerprint density at radius 2 is 1.79 bits per heavy atom. The molecule has 10 nitrogen and oxygen atoms in total. The van der Waals surface area contributed by atoms with Crippen LogP contribution in [0, 0.1) is 0 Å². The Balaban J connectivity index is 1.33. The smallest absolute Gasteiger partial charge is 0.471 e. The van der Waals surface area contributed by atoms with Crippen LogP contribution in [0.15, 0.2) is 46.1 Å². The molecule has 1 saturated heterocycles. The molecule has 0 amide bonds. The Morgan fingerprint density at radius 3 is 2.35 bits per heavy atom. The summed E-state index contributed by atoms with van der Waals surface area (Å²) in [6.07, 6.45) is -0.481. The van der Waals surface area contributed by atoms with E-state index in [1.807, 2.05) is 11.8 Å². The number of benzene rings is 1. The molecule has 14 heteroatoms. The van der Waals surface area contributed by atoms with Crippen molar-refractivity contribution in [3.8, 4) is 5.75 Å². The first-order chi connectivity index (χ1) is 16.0.